The van der Waals surface area contributed by atoms with Gasteiger partial charge in [-0.05, 0) is 117 Å². The van der Waals surface area contributed by atoms with E-state index in [0.29, 0.717) is 35.2 Å². The summed E-state index contributed by atoms with van der Waals surface area (Å²) in [5, 5.41) is 0. The highest BCUT2D eigenvalue weighted by atomic mass is 19.4. The summed E-state index contributed by atoms with van der Waals surface area (Å²) in [5.41, 5.74) is -5.87. The SMILES string of the molecule is COC1CCC2(C)C(CCC3C2CCC2(C)C(C(C)CCCOC(C(F)(F)F)(C(F)(F)F)C(F)(F)F)CCC32)C1. The van der Waals surface area contributed by atoms with Gasteiger partial charge < -0.3 is 9.47 Å². The predicted octanol–water partition coefficient (Wildman–Crippen LogP) is 9.52. The Morgan fingerprint density at radius 3 is 1.90 bits per heavy atom. The maximum Gasteiger partial charge on any atom is 0.435 e. The van der Waals surface area contributed by atoms with Gasteiger partial charge in [0, 0.05) is 13.7 Å². The molecule has 0 spiro atoms. The zero-order valence-corrected chi connectivity index (χ0v) is 23.7. The Kier molecular flexibility index (Phi) is 8.68. The molecule has 4 aliphatic rings. The largest absolute Gasteiger partial charge is 0.435 e. The lowest BCUT2D eigenvalue weighted by Crippen LogP contribution is -2.67. The molecule has 4 aliphatic carbocycles. The molecule has 4 rings (SSSR count). The molecular formula is C29H43F9O2. The van der Waals surface area contributed by atoms with Gasteiger partial charge in [-0.3, -0.25) is 0 Å². The molecule has 40 heavy (non-hydrogen) atoms. The Hall–Kier alpha value is -0.710. The van der Waals surface area contributed by atoms with Gasteiger partial charge in [0.1, 0.15) is 0 Å². The first-order chi connectivity index (χ1) is 18.3. The van der Waals surface area contributed by atoms with Crippen LogP contribution in [0.2, 0.25) is 0 Å². The molecule has 0 aromatic carbocycles. The average molecular weight is 595 g/mol. The zero-order valence-electron chi connectivity index (χ0n) is 23.7. The topological polar surface area (TPSA) is 18.5 Å². The molecule has 4 saturated carbocycles. The molecule has 0 aliphatic heterocycles. The standard InChI is InChI=1S/C29H43F9O2/c1-17(6-5-15-40-26(27(30,31)32,28(33,34)35)29(36,37)38)21-9-10-22-20-8-7-18-16-19(39-4)11-13-24(18,2)23(20)12-14-25(21,22)3/h17-23H,5-16H2,1-4H3. The normalized spacial score (nSPS) is 39.8. The molecule has 0 amide bonds. The van der Waals surface area contributed by atoms with Gasteiger partial charge in [0.25, 0.3) is 0 Å². The van der Waals surface area contributed by atoms with E-state index < -0.39 is 30.7 Å². The summed E-state index contributed by atoms with van der Waals surface area (Å²) in [6.45, 7) is 5.40. The van der Waals surface area contributed by atoms with Crippen LogP contribution in [0.4, 0.5) is 39.5 Å². The maximum atomic E-state index is 13.2. The van der Waals surface area contributed by atoms with Gasteiger partial charge in [-0.2, -0.15) is 39.5 Å². The number of hydrogen-bond acceptors (Lipinski definition) is 2. The molecule has 0 bridgehead atoms. The fourth-order valence-corrected chi connectivity index (χ4v) is 9.97. The lowest BCUT2D eigenvalue weighted by molar-refractivity contribution is -0.457. The predicted molar refractivity (Wildman–Crippen MR) is 131 cm³/mol. The number of fused-ring (bicyclic) bond motifs is 5. The fourth-order valence-electron chi connectivity index (χ4n) is 9.97. The molecule has 0 radical (unpaired) electrons. The van der Waals surface area contributed by atoms with Gasteiger partial charge in [0.15, 0.2) is 0 Å². The van der Waals surface area contributed by atoms with Gasteiger partial charge in [0.2, 0.25) is 0 Å². The van der Waals surface area contributed by atoms with E-state index in [9.17, 15) is 39.5 Å². The Labute approximate surface area is 231 Å². The summed E-state index contributed by atoms with van der Waals surface area (Å²) in [7, 11) is 1.79. The van der Waals surface area contributed by atoms with E-state index >= 15 is 0 Å². The van der Waals surface area contributed by atoms with Crippen LogP contribution in [0, 0.1) is 46.3 Å². The molecule has 9 unspecified atom stereocenters. The number of halogens is 9. The van der Waals surface area contributed by atoms with Crippen LogP contribution < -0.4 is 0 Å². The highest BCUT2D eigenvalue weighted by molar-refractivity contribution is 5.10. The van der Waals surface area contributed by atoms with E-state index in [-0.39, 0.29) is 30.1 Å². The van der Waals surface area contributed by atoms with Crippen LogP contribution >= 0.6 is 0 Å². The summed E-state index contributed by atoms with van der Waals surface area (Å²) in [4.78, 5) is 0. The molecule has 0 aromatic heterocycles. The number of methoxy groups -OCH3 is 1. The number of alkyl halides is 9. The van der Waals surface area contributed by atoms with Gasteiger partial charge in [0.05, 0.1) is 6.10 Å². The quantitative estimate of drug-likeness (QED) is 0.216. The van der Waals surface area contributed by atoms with Crippen LogP contribution in [0.3, 0.4) is 0 Å². The van der Waals surface area contributed by atoms with Crippen LogP contribution in [0.15, 0.2) is 0 Å². The molecule has 234 valence electrons. The van der Waals surface area contributed by atoms with Crippen molar-refractivity contribution < 1.29 is 49.0 Å². The molecule has 11 heteroatoms. The van der Waals surface area contributed by atoms with Crippen molar-refractivity contribution in [2.24, 2.45) is 46.3 Å². The third-order valence-corrected chi connectivity index (χ3v) is 12.0. The highest BCUT2D eigenvalue weighted by Gasteiger charge is 2.85. The monoisotopic (exact) mass is 594 g/mol. The highest BCUT2D eigenvalue weighted by Crippen LogP contribution is 2.68. The van der Waals surface area contributed by atoms with Gasteiger partial charge in [-0.1, -0.05) is 20.8 Å². The van der Waals surface area contributed by atoms with Crippen molar-refractivity contribution in [3.8, 4) is 0 Å². The second-order valence-corrected chi connectivity index (χ2v) is 13.7. The Morgan fingerprint density at radius 1 is 0.750 bits per heavy atom. The molecular weight excluding hydrogens is 551 g/mol. The van der Waals surface area contributed by atoms with Crippen LogP contribution in [-0.2, 0) is 9.47 Å². The summed E-state index contributed by atoms with van der Waals surface area (Å²) in [6, 6.07) is 0. The molecule has 0 heterocycles. The van der Waals surface area contributed by atoms with E-state index in [0.717, 1.165) is 44.9 Å². The van der Waals surface area contributed by atoms with Crippen molar-refractivity contribution in [3.63, 3.8) is 0 Å². The van der Waals surface area contributed by atoms with Crippen LogP contribution in [0.25, 0.3) is 0 Å². The number of hydrogen-bond donors (Lipinski definition) is 0. The number of ether oxygens (including phenoxy) is 2. The van der Waals surface area contributed by atoms with Gasteiger partial charge in [-0.15, -0.1) is 0 Å². The van der Waals surface area contributed by atoms with Crippen LogP contribution in [-0.4, -0.2) is 44.0 Å². The molecule has 0 N–H and O–H groups in total. The smallest absolute Gasteiger partial charge is 0.381 e. The van der Waals surface area contributed by atoms with E-state index in [1.54, 1.807) is 7.11 Å². The lowest BCUT2D eigenvalue weighted by Gasteiger charge is -2.61. The third-order valence-electron chi connectivity index (χ3n) is 12.0. The first-order valence-corrected chi connectivity index (χ1v) is 14.7. The molecule has 0 saturated heterocycles. The van der Waals surface area contributed by atoms with Crippen molar-refractivity contribution >= 4 is 0 Å². The minimum absolute atomic E-state index is 0.0159. The van der Waals surface area contributed by atoms with Gasteiger partial charge in [-0.25, -0.2) is 0 Å². The molecule has 2 nitrogen and oxygen atoms in total. The second-order valence-electron chi connectivity index (χ2n) is 13.7. The molecule has 4 fully saturated rings. The summed E-state index contributed by atoms with van der Waals surface area (Å²) in [6.07, 6.45) is -10.0. The van der Waals surface area contributed by atoms with Gasteiger partial charge >= 0.3 is 24.1 Å². The minimum Gasteiger partial charge on any atom is -0.381 e. The molecule has 0 aromatic rings. The third kappa shape index (κ3) is 5.08. The average Bonchev–Trinajstić information content (AvgIpc) is 3.18. The van der Waals surface area contributed by atoms with Crippen molar-refractivity contribution in [3.05, 3.63) is 0 Å². The van der Waals surface area contributed by atoms with Crippen molar-refractivity contribution in [2.75, 3.05) is 13.7 Å². The van der Waals surface area contributed by atoms with E-state index in [4.69, 9.17) is 4.74 Å². The fraction of sp³-hybridized carbons (Fsp3) is 1.00. The minimum atomic E-state index is -6.68. The maximum absolute atomic E-state index is 13.2. The van der Waals surface area contributed by atoms with Crippen LogP contribution in [0.5, 0.6) is 0 Å². The van der Waals surface area contributed by atoms with Crippen molar-refractivity contribution in [1.82, 2.24) is 0 Å². The number of rotatable bonds is 7. The first kappa shape index (κ1) is 32.2. The Morgan fingerprint density at radius 2 is 1.32 bits per heavy atom. The summed E-state index contributed by atoms with van der Waals surface area (Å²) >= 11 is 0. The molecule has 9 atom stereocenters. The van der Waals surface area contributed by atoms with Crippen molar-refractivity contribution in [1.29, 1.82) is 0 Å². The zero-order chi connectivity index (χ0) is 29.9. The Balaban J connectivity index is 1.39. The summed E-state index contributed by atoms with van der Waals surface area (Å²) in [5.74, 6) is 2.60. The van der Waals surface area contributed by atoms with E-state index in [1.807, 2.05) is 6.92 Å². The van der Waals surface area contributed by atoms with E-state index in [1.165, 1.54) is 12.8 Å². The summed E-state index contributed by atoms with van der Waals surface area (Å²) < 4.78 is 128. The Bertz CT molecular complexity index is 848. The second kappa shape index (κ2) is 10.8. The lowest BCUT2D eigenvalue weighted by atomic mass is 9.44. The van der Waals surface area contributed by atoms with Crippen LogP contribution in [0.1, 0.15) is 91.4 Å². The van der Waals surface area contributed by atoms with Crippen molar-refractivity contribution in [2.45, 2.75) is 122 Å². The first-order valence-electron chi connectivity index (χ1n) is 14.7. The van der Waals surface area contributed by atoms with E-state index in [2.05, 4.69) is 18.6 Å².